The number of nitrogens with one attached hydrogen (secondary N) is 1. The third-order valence-corrected chi connectivity index (χ3v) is 5.37. The molecule has 2 atom stereocenters. The molecule has 3 aromatic carbocycles. The molecule has 6 nitrogen and oxygen atoms in total. The first-order chi connectivity index (χ1) is 16.7. The van der Waals surface area contributed by atoms with E-state index in [1.807, 2.05) is 5.32 Å². The standard InChI is InChI=1S/C25H21F4N3O3/c1-15(31-24(33)25(27,28)29)23(16-4-3-5-20(12-16)34-2)35-21-10-11-22-17(13-21)14-30-32(22)19-8-6-18(26)7-9-19/h3-15,23H,1-2H3,(H,31,33)/t15-,23+/m0/s1. The van der Waals surface area contributed by atoms with Crippen molar-refractivity contribution in [3.05, 3.63) is 84.3 Å². The fourth-order valence-corrected chi connectivity index (χ4v) is 3.66. The Bertz CT molecular complexity index is 1340. The fourth-order valence-electron chi connectivity index (χ4n) is 3.66. The van der Waals surface area contributed by atoms with Gasteiger partial charge in [0.1, 0.15) is 23.4 Å². The van der Waals surface area contributed by atoms with Crippen molar-refractivity contribution in [3.63, 3.8) is 0 Å². The van der Waals surface area contributed by atoms with E-state index in [1.165, 1.54) is 26.2 Å². The van der Waals surface area contributed by atoms with Gasteiger partial charge in [0.2, 0.25) is 0 Å². The number of amides is 1. The monoisotopic (exact) mass is 487 g/mol. The Kier molecular flexibility index (Phi) is 6.63. The Balaban J connectivity index is 1.65. The molecule has 35 heavy (non-hydrogen) atoms. The van der Waals surface area contributed by atoms with Crippen LogP contribution in [0.25, 0.3) is 16.6 Å². The number of carbonyl (C=O) groups is 1. The van der Waals surface area contributed by atoms with E-state index in [4.69, 9.17) is 9.47 Å². The molecule has 4 aromatic rings. The molecule has 0 aliphatic heterocycles. The maximum Gasteiger partial charge on any atom is 0.471 e. The average molecular weight is 487 g/mol. The first-order valence-electron chi connectivity index (χ1n) is 10.6. The van der Waals surface area contributed by atoms with Gasteiger partial charge in [-0.05, 0) is 67.1 Å². The molecule has 0 unspecified atom stereocenters. The molecule has 0 aliphatic rings. The number of halogens is 4. The first kappa shape index (κ1) is 24.1. The van der Waals surface area contributed by atoms with Crippen molar-refractivity contribution in [2.24, 2.45) is 0 Å². The molecule has 10 heteroatoms. The third kappa shape index (κ3) is 5.37. The van der Waals surface area contributed by atoms with Crippen molar-refractivity contribution < 1.29 is 31.8 Å². The van der Waals surface area contributed by atoms with Gasteiger partial charge in [-0.3, -0.25) is 4.79 Å². The molecule has 0 spiro atoms. The minimum absolute atomic E-state index is 0.358. The number of benzene rings is 3. The van der Waals surface area contributed by atoms with E-state index in [2.05, 4.69) is 5.10 Å². The number of nitrogens with zero attached hydrogens (tertiary/aromatic N) is 2. The molecule has 0 bridgehead atoms. The first-order valence-corrected chi connectivity index (χ1v) is 10.6. The van der Waals surface area contributed by atoms with Gasteiger partial charge in [0, 0.05) is 5.39 Å². The summed E-state index contributed by atoms with van der Waals surface area (Å²) in [6, 6.07) is 16.6. The summed E-state index contributed by atoms with van der Waals surface area (Å²) in [6.45, 7) is 1.43. The van der Waals surface area contributed by atoms with Gasteiger partial charge in [-0.25, -0.2) is 9.07 Å². The molecule has 0 fully saturated rings. The molecule has 1 N–H and O–H groups in total. The molecule has 0 saturated heterocycles. The van der Waals surface area contributed by atoms with E-state index in [0.29, 0.717) is 28.1 Å². The molecule has 1 aromatic heterocycles. The van der Waals surface area contributed by atoms with Gasteiger partial charge in [-0.1, -0.05) is 12.1 Å². The number of methoxy groups -OCH3 is 1. The Morgan fingerprint density at radius 1 is 1.03 bits per heavy atom. The largest absolute Gasteiger partial charge is 0.497 e. The lowest BCUT2D eigenvalue weighted by Crippen LogP contribution is -2.45. The van der Waals surface area contributed by atoms with Crippen LogP contribution in [0.4, 0.5) is 17.6 Å². The molecule has 0 aliphatic carbocycles. The lowest BCUT2D eigenvalue weighted by atomic mass is 10.0. The number of fused-ring (bicyclic) bond motifs is 1. The zero-order chi connectivity index (χ0) is 25.2. The topological polar surface area (TPSA) is 65.4 Å². The van der Waals surface area contributed by atoms with Crippen molar-refractivity contribution in [1.82, 2.24) is 15.1 Å². The zero-order valence-corrected chi connectivity index (χ0v) is 18.7. The van der Waals surface area contributed by atoms with E-state index >= 15 is 0 Å². The maximum absolute atomic E-state index is 13.3. The molecular formula is C25H21F4N3O3. The van der Waals surface area contributed by atoms with Crippen molar-refractivity contribution in [1.29, 1.82) is 0 Å². The minimum Gasteiger partial charge on any atom is -0.497 e. The van der Waals surface area contributed by atoms with Crippen molar-refractivity contribution in [2.75, 3.05) is 7.11 Å². The fraction of sp³-hybridized carbons (Fsp3) is 0.200. The highest BCUT2D eigenvalue weighted by molar-refractivity contribution is 5.82. The summed E-state index contributed by atoms with van der Waals surface area (Å²) in [4.78, 5) is 11.6. The summed E-state index contributed by atoms with van der Waals surface area (Å²) in [5.74, 6) is -1.58. The summed E-state index contributed by atoms with van der Waals surface area (Å²) in [7, 11) is 1.47. The summed E-state index contributed by atoms with van der Waals surface area (Å²) in [5, 5.41) is 7.00. The van der Waals surface area contributed by atoms with Crippen LogP contribution in [0.5, 0.6) is 11.5 Å². The maximum atomic E-state index is 13.3. The van der Waals surface area contributed by atoms with Crippen molar-refractivity contribution in [3.8, 4) is 17.2 Å². The van der Waals surface area contributed by atoms with Gasteiger partial charge >= 0.3 is 12.1 Å². The van der Waals surface area contributed by atoms with Gasteiger partial charge in [-0.15, -0.1) is 0 Å². The van der Waals surface area contributed by atoms with Crippen LogP contribution >= 0.6 is 0 Å². The van der Waals surface area contributed by atoms with Gasteiger partial charge in [0.15, 0.2) is 0 Å². The van der Waals surface area contributed by atoms with Gasteiger partial charge < -0.3 is 14.8 Å². The van der Waals surface area contributed by atoms with Crippen LogP contribution in [0.3, 0.4) is 0 Å². The highest BCUT2D eigenvalue weighted by Crippen LogP contribution is 2.31. The molecule has 182 valence electrons. The van der Waals surface area contributed by atoms with Gasteiger partial charge in [-0.2, -0.15) is 18.3 Å². The molecule has 4 rings (SSSR count). The summed E-state index contributed by atoms with van der Waals surface area (Å²) in [5.41, 5.74) is 1.90. The number of hydrogen-bond donors (Lipinski definition) is 1. The quantitative estimate of drug-likeness (QED) is 0.357. The molecule has 0 radical (unpaired) electrons. The number of carbonyl (C=O) groups excluding carboxylic acids is 1. The molecule has 0 saturated carbocycles. The normalized spacial score (nSPS) is 13.3. The predicted octanol–water partition coefficient (Wildman–Crippen LogP) is 5.36. The van der Waals surface area contributed by atoms with Crippen LogP contribution in [0.15, 0.2) is 72.9 Å². The highest BCUT2D eigenvalue weighted by atomic mass is 19.4. The minimum atomic E-state index is -5.03. The smallest absolute Gasteiger partial charge is 0.471 e. The van der Waals surface area contributed by atoms with Crippen LogP contribution in [0, 0.1) is 5.82 Å². The highest BCUT2D eigenvalue weighted by Gasteiger charge is 2.40. The number of ether oxygens (including phenoxy) is 2. The van der Waals surface area contributed by atoms with Crippen LogP contribution < -0.4 is 14.8 Å². The Morgan fingerprint density at radius 2 is 1.77 bits per heavy atom. The van der Waals surface area contributed by atoms with E-state index in [1.54, 1.807) is 65.5 Å². The lowest BCUT2D eigenvalue weighted by Gasteiger charge is -2.27. The number of alkyl halides is 3. The SMILES string of the molecule is COc1cccc([C@H](Oc2ccc3c(cnn3-c3ccc(F)cc3)c2)[C@H](C)NC(=O)C(F)(F)F)c1. The van der Waals surface area contributed by atoms with Crippen molar-refractivity contribution >= 4 is 16.8 Å². The Morgan fingerprint density at radius 3 is 2.46 bits per heavy atom. The number of hydrogen-bond acceptors (Lipinski definition) is 4. The zero-order valence-electron chi connectivity index (χ0n) is 18.7. The third-order valence-electron chi connectivity index (χ3n) is 5.37. The van der Waals surface area contributed by atoms with E-state index < -0.39 is 24.2 Å². The van der Waals surface area contributed by atoms with E-state index in [-0.39, 0.29) is 5.82 Å². The lowest BCUT2D eigenvalue weighted by molar-refractivity contribution is -0.174. The Labute approximate surface area is 198 Å². The van der Waals surface area contributed by atoms with Crippen LogP contribution in [0.2, 0.25) is 0 Å². The van der Waals surface area contributed by atoms with Crippen LogP contribution in [0.1, 0.15) is 18.6 Å². The van der Waals surface area contributed by atoms with Gasteiger partial charge in [0.05, 0.1) is 30.6 Å². The van der Waals surface area contributed by atoms with Crippen LogP contribution in [-0.2, 0) is 4.79 Å². The molecule has 1 heterocycles. The summed E-state index contributed by atoms with van der Waals surface area (Å²) < 4.78 is 64.8. The second kappa shape index (κ2) is 9.65. The van der Waals surface area contributed by atoms with Crippen molar-refractivity contribution in [2.45, 2.75) is 25.2 Å². The predicted molar refractivity (Wildman–Crippen MR) is 121 cm³/mol. The molecule has 1 amide bonds. The number of aromatic nitrogens is 2. The summed E-state index contributed by atoms with van der Waals surface area (Å²) >= 11 is 0. The van der Waals surface area contributed by atoms with E-state index in [0.717, 1.165) is 5.52 Å². The summed E-state index contributed by atoms with van der Waals surface area (Å²) in [6.07, 6.45) is -4.39. The van der Waals surface area contributed by atoms with Gasteiger partial charge in [0.25, 0.3) is 0 Å². The Hall–Kier alpha value is -4.08. The molecular weight excluding hydrogens is 466 g/mol. The average Bonchev–Trinajstić information content (AvgIpc) is 3.25. The van der Waals surface area contributed by atoms with E-state index in [9.17, 15) is 22.4 Å². The second-order valence-electron chi connectivity index (χ2n) is 7.83. The second-order valence-corrected chi connectivity index (χ2v) is 7.83. The van der Waals surface area contributed by atoms with Crippen LogP contribution in [-0.4, -0.2) is 35.0 Å². The number of rotatable bonds is 7.